The van der Waals surface area contributed by atoms with Crippen molar-refractivity contribution in [3.63, 3.8) is 0 Å². The number of quaternary nitrogens is 1. The Labute approximate surface area is 125 Å². The molecule has 3 saturated heterocycles. The van der Waals surface area contributed by atoms with E-state index in [1.54, 1.807) is 0 Å². The highest BCUT2D eigenvalue weighted by Gasteiger charge is 2.61. The largest absolute Gasteiger partial charge is 1.00 e. The molecule has 18 heavy (non-hydrogen) atoms. The second-order valence-corrected chi connectivity index (χ2v) is 6.23. The molecule has 3 aliphatic rings. The summed E-state index contributed by atoms with van der Waals surface area (Å²) in [6.45, 7) is 0.999. The summed E-state index contributed by atoms with van der Waals surface area (Å²) in [5.74, 6) is 0.379. The summed E-state index contributed by atoms with van der Waals surface area (Å²) in [7, 11) is 0. The molecule has 3 fully saturated rings. The van der Waals surface area contributed by atoms with Gasteiger partial charge in [-0.25, -0.2) is 4.79 Å². The summed E-state index contributed by atoms with van der Waals surface area (Å²) in [6, 6.07) is -0.00920. The number of hydrogen-bond acceptors (Lipinski definition) is 2. The molecule has 2 bridgehead atoms. The molecule has 0 aromatic heterocycles. The molecule has 5 heteroatoms. The number of nitrogens with one attached hydrogen (secondary N) is 1. The van der Waals surface area contributed by atoms with Crippen molar-refractivity contribution in [3.8, 4) is 0 Å². The van der Waals surface area contributed by atoms with Gasteiger partial charge in [0.25, 0.3) is 0 Å². The first-order chi connectivity index (χ1) is 8.26. The van der Waals surface area contributed by atoms with Crippen LogP contribution in [0.15, 0.2) is 0 Å². The van der Waals surface area contributed by atoms with Gasteiger partial charge in [0.15, 0.2) is 5.66 Å². The van der Waals surface area contributed by atoms with Crippen molar-refractivity contribution in [3.05, 3.63) is 0 Å². The number of carbonyl (C=O) groups excluding carboxylic acids is 1. The fourth-order valence-electron chi connectivity index (χ4n) is 4.03. The Morgan fingerprint density at radius 3 is 2.50 bits per heavy atom. The Bertz CT molecular complexity index is 328. The number of nitrogens with zero attached hydrogens (tertiary/aromatic N) is 1. The highest BCUT2D eigenvalue weighted by atomic mass is 79.9. The third-order valence-corrected chi connectivity index (χ3v) is 5.49. The number of halogens is 2. The van der Waals surface area contributed by atoms with Gasteiger partial charge in [-0.1, -0.05) is 12.8 Å². The molecule has 1 N–H and O–H groups in total. The van der Waals surface area contributed by atoms with Crippen molar-refractivity contribution in [1.82, 2.24) is 4.42 Å². The van der Waals surface area contributed by atoms with Crippen LogP contribution < -0.4 is 21.9 Å². The van der Waals surface area contributed by atoms with Gasteiger partial charge < -0.3 is 17.0 Å². The van der Waals surface area contributed by atoms with Gasteiger partial charge in [-0.05, 0) is 43.9 Å². The lowest BCUT2D eigenvalue weighted by atomic mass is 9.93. The number of amides is 1. The van der Waals surface area contributed by atoms with E-state index in [4.69, 9.17) is 11.8 Å². The Morgan fingerprint density at radius 2 is 1.78 bits per heavy atom. The summed E-state index contributed by atoms with van der Waals surface area (Å²) in [4.78, 5) is 13.7. The fourth-order valence-corrected chi connectivity index (χ4v) is 4.49. The zero-order valence-electron chi connectivity index (χ0n) is 10.8. The lowest BCUT2D eigenvalue weighted by Crippen LogP contribution is -3.21. The van der Waals surface area contributed by atoms with Crippen molar-refractivity contribution >= 4 is 17.7 Å². The molecule has 3 heterocycles. The standard InChI is InChI=1S/C13H21ClN2O.BrH/c14-16-11-7-3-1-4-8-13(16)9-5-2-6-10-15(13)12(11)17;/h11H,1-10H2;1H. The first-order valence-corrected chi connectivity index (χ1v) is 7.45. The summed E-state index contributed by atoms with van der Waals surface area (Å²) < 4.78 is 1.94. The second kappa shape index (κ2) is 5.78. The van der Waals surface area contributed by atoms with Crippen LogP contribution in [0.5, 0.6) is 0 Å². The van der Waals surface area contributed by atoms with Gasteiger partial charge in [-0.3, -0.25) is 4.90 Å². The smallest absolute Gasteiger partial charge is 0.332 e. The third-order valence-electron chi connectivity index (χ3n) is 4.93. The van der Waals surface area contributed by atoms with Crippen molar-refractivity contribution in [1.29, 1.82) is 0 Å². The predicted octanol–water partition coefficient (Wildman–Crippen LogP) is -1.53. The Hall–Kier alpha value is 0.360. The van der Waals surface area contributed by atoms with E-state index in [0.29, 0.717) is 5.91 Å². The molecule has 0 aliphatic carbocycles. The SMILES string of the molecule is O=C1C2CCCCCC3(CCCCC[NH+]13)N2Cl.[Br-]. The van der Waals surface area contributed by atoms with Crippen LogP contribution in [-0.4, -0.2) is 28.6 Å². The maximum Gasteiger partial charge on any atom is 0.332 e. The van der Waals surface area contributed by atoms with Crippen LogP contribution in [0.1, 0.15) is 57.8 Å². The molecule has 3 rings (SSSR count). The average Bonchev–Trinajstić information content (AvgIpc) is 2.47. The van der Waals surface area contributed by atoms with E-state index in [9.17, 15) is 4.79 Å². The van der Waals surface area contributed by atoms with Gasteiger partial charge in [-0.15, -0.1) is 4.42 Å². The maximum absolute atomic E-state index is 12.5. The van der Waals surface area contributed by atoms with Crippen molar-refractivity contribution in [2.75, 3.05) is 6.54 Å². The van der Waals surface area contributed by atoms with Gasteiger partial charge in [-0.2, -0.15) is 0 Å². The quantitative estimate of drug-likeness (QED) is 0.543. The minimum atomic E-state index is -0.0553. The lowest BCUT2D eigenvalue weighted by Gasteiger charge is -2.36. The number of rotatable bonds is 0. The van der Waals surface area contributed by atoms with Crippen molar-refractivity contribution in [2.24, 2.45) is 0 Å². The zero-order valence-corrected chi connectivity index (χ0v) is 13.1. The molecule has 3 atom stereocenters. The minimum absolute atomic E-state index is 0. The molecule has 1 spiro atoms. The highest BCUT2D eigenvalue weighted by Crippen LogP contribution is 2.36. The summed E-state index contributed by atoms with van der Waals surface area (Å²) in [5.41, 5.74) is -0.0553. The topological polar surface area (TPSA) is 24.8 Å². The van der Waals surface area contributed by atoms with Crippen LogP contribution in [0.4, 0.5) is 0 Å². The normalized spacial score (nSPS) is 41.3. The summed E-state index contributed by atoms with van der Waals surface area (Å²) in [5, 5.41) is 0. The van der Waals surface area contributed by atoms with Crippen LogP contribution in [0, 0.1) is 0 Å². The molecule has 3 aliphatic heterocycles. The van der Waals surface area contributed by atoms with Crippen LogP contribution in [0.25, 0.3) is 0 Å². The van der Waals surface area contributed by atoms with Crippen molar-refractivity contribution < 1.29 is 26.7 Å². The number of fused-ring (bicyclic) bond motifs is 1. The fraction of sp³-hybridized carbons (Fsp3) is 0.923. The molecule has 104 valence electrons. The predicted molar refractivity (Wildman–Crippen MR) is 66.6 cm³/mol. The van der Waals surface area contributed by atoms with Gasteiger partial charge in [0.1, 0.15) is 6.04 Å². The van der Waals surface area contributed by atoms with Gasteiger partial charge in [0, 0.05) is 12.8 Å². The molecule has 3 unspecified atom stereocenters. The Kier molecular flexibility index (Phi) is 4.74. The average molecular weight is 338 g/mol. The van der Waals surface area contributed by atoms with Crippen molar-refractivity contribution in [2.45, 2.75) is 69.5 Å². The first-order valence-electron chi connectivity index (χ1n) is 7.11. The highest BCUT2D eigenvalue weighted by molar-refractivity contribution is 6.15. The van der Waals surface area contributed by atoms with E-state index in [1.807, 2.05) is 4.42 Å². The van der Waals surface area contributed by atoms with Gasteiger partial charge in [0.05, 0.1) is 6.54 Å². The van der Waals surface area contributed by atoms with E-state index >= 15 is 0 Å². The van der Waals surface area contributed by atoms with E-state index in [0.717, 1.165) is 32.2 Å². The van der Waals surface area contributed by atoms with E-state index in [1.165, 1.54) is 37.0 Å². The Morgan fingerprint density at radius 1 is 1.11 bits per heavy atom. The molecule has 1 amide bonds. The number of hydrogen-bond donors (Lipinski definition) is 1. The molecular weight excluding hydrogens is 316 g/mol. The van der Waals surface area contributed by atoms with Crippen LogP contribution in [0.3, 0.4) is 0 Å². The van der Waals surface area contributed by atoms with Crippen LogP contribution >= 0.6 is 11.8 Å². The number of carbonyl (C=O) groups is 1. The van der Waals surface area contributed by atoms with E-state index < -0.39 is 0 Å². The summed E-state index contributed by atoms with van der Waals surface area (Å²) >= 11 is 6.58. The summed E-state index contributed by atoms with van der Waals surface area (Å²) in [6.07, 6.45) is 10.5. The monoisotopic (exact) mass is 336 g/mol. The van der Waals surface area contributed by atoms with E-state index in [2.05, 4.69) is 0 Å². The second-order valence-electron chi connectivity index (χ2n) is 5.86. The molecule has 0 saturated carbocycles. The lowest BCUT2D eigenvalue weighted by molar-refractivity contribution is -0.878. The zero-order chi connectivity index (χ0) is 11.9. The molecule has 0 aromatic carbocycles. The molecule has 0 radical (unpaired) electrons. The molecule has 3 nitrogen and oxygen atoms in total. The Balaban J connectivity index is 0.00000120. The molecular formula is C13H22BrClN2O. The van der Waals surface area contributed by atoms with E-state index in [-0.39, 0.29) is 28.7 Å². The molecule has 0 aromatic rings. The van der Waals surface area contributed by atoms with Gasteiger partial charge in [0.2, 0.25) is 0 Å². The van der Waals surface area contributed by atoms with Gasteiger partial charge >= 0.3 is 5.91 Å². The minimum Gasteiger partial charge on any atom is -1.00 e. The third kappa shape index (κ3) is 2.15. The maximum atomic E-state index is 12.5. The van der Waals surface area contributed by atoms with Crippen LogP contribution in [0.2, 0.25) is 0 Å². The first kappa shape index (κ1) is 14.8. The van der Waals surface area contributed by atoms with Crippen LogP contribution in [-0.2, 0) is 4.79 Å².